The highest BCUT2D eigenvalue weighted by atomic mass is 16.3. The van der Waals surface area contributed by atoms with Gasteiger partial charge in [-0.1, -0.05) is 48.5 Å². The first-order chi connectivity index (χ1) is 21.0. The molecule has 6 aromatic carbocycles. The number of rotatable bonds is 4. The molecule has 0 amide bonds. The average Bonchev–Trinajstić information content (AvgIpc) is 2.96. The standard InChI is InChI=1S/C36H34N2O6/c1-37(2)33-17-9-5-13-21(39)25(17)29(26-18(33)10-6-14-22(26)40)31-35(43)32(36(31)44)30-27-19(11-7-15-23(27)41)34(38(3)4)20-12-8-16-24(42)28(20)30/h5-16,31-32,35-36,39-44H,1-4H3. The van der Waals surface area contributed by atoms with E-state index in [-0.39, 0.29) is 23.0 Å². The Morgan fingerprint density at radius 3 is 0.909 bits per heavy atom. The molecule has 6 N–H and O–H groups in total. The van der Waals surface area contributed by atoms with Crippen molar-refractivity contribution < 1.29 is 30.6 Å². The molecule has 1 saturated carbocycles. The number of nitrogens with zero attached hydrogens (tertiary/aromatic N) is 2. The molecule has 1 aliphatic carbocycles. The maximum absolute atomic E-state index is 12.1. The van der Waals surface area contributed by atoms with Crippen molar-refractivity contribution in [1.82, 2.24) is 0 Å². The predicted molar refractivity (Wildman–Crippen MR) is 176 cm³/mol. The van der Waals surface area contributed by atoms with Crippen LogP contribution in [-0.2, 0) is 0 Å². The van der Waals surface area contributed by atoms with Crippen molar-refractivity contribution in [2.24, 2.45) is 0 Å². The van der Waals surface area contributed by atoms with E-state index in [9.17, 15) is 30.6 Å². The van der Waals surface area contributed by atoms with E-state index in [1.54, 1.807) is 48.5 Å². The molecular formula is C36H34N2O6. The first-order valence-electron chi connectivity index (χ1n) is 14.5. The number of anilines is 2. The fourth-order valence-corrected chi connectivity index (χ4v) is 7.64. The summed E-state index contributed by atoms with van der Waals surface area (Å²) in [6, 6.07) is 20.7. The number of hydrogen-bond acceptors (Lipinski definition) is 8. The van der Waals surface area contributed by atoms with Gasteiger partial charge in [0.25, 0.3) is 0 Å². The highest BCUT2D eigenvalue weighted by Gasteiger charge is 2.53. The van der Waals surface area contributed by atoms with Gasteiger partial charge in [0.1, 0.15) is 23.0 Å². The second kappa shape index (κ2) is 9.80. The van der Waals surface area contributed by atoms with Crippen molar-refractivity contribution in [3.63, 3.8) is 0 Å². The van der Waals surface area contributed by atoms with Gasteiger partial charge in [-0.2, -0.15) is 0 Å². The van der Waals surface area contributed by atoms with Gasteiger partial charge in [0.05, 0.1) is 23.6 Å². The van der Waals surface area contributed by atoms with Crippen LogP contribution in [0.5, 0.6) is 23.0 Å². The van der Waals surface area contributed by atoms with E-state index in [0.717, 1.165) is 11.4 Å². The largest absolute Gasteiger partial charge is 0.507 e. The lowest BCUT2D eigenvalue weighted by molar-refractivity contribution is -0.0766. The summed E-state index contributed by atoms with van der Waals surface area (Å²) in [4.78, 5) is 3.83. The number of fused-ring (bicyclic) bond motifs is 4. The first kappa shape index (κ1) is 27.9. The van der Waals surface area contributed by atoms with Crippen molar-refractivity contribution in [2.75, 3.05) is 38.0 Å². The number of benzene rings is 6. The molecule has 8 heteroatoms. The van der Waals surface area contributed by atoms with Crippen LogP contribution < -0.4 is 9.80 Å². The minimum atomic E-state index is -1.20. The molecule has 0 heterocycles. The van der Waals surface area contributed by atoms with E-state index in [2.05, 4.69) is 0 Å². The lowest BCUT2D eigenvalue weighted by atomic mass is 9.60. The van der Waals surface area contributed by atoms with E-state index in [1.165, 1.54) is 0 Å². The summed E-state index contributed by atoms with van der Waals surface area (Å²) in [5.41, 5.74) is 2.47. The minimum Gasteiger partial charge on any atom is -0.507 e. The normalized spacial score (nSPS) is 20.0. The summed E-state index contributed by atoms with van der Waals surface area (Å²) in [6.45, 7) is 0. The molecule has 0 aromatic heterocycles. The van der Waals surface area contributed by atoms with E-state index in [0.29, 0.717) is 54.2 Å². The highest BCUT2D eigenvalue weighted by molar-refractivity contribution is 6.19. The molecule has 0 bridgehead atoms. The number of phenolic OH excluding ortho intramolecular Hbond substituents is 4. The number of hydrogen-bond donors (Lipinski definition) is 6. The van der Waals surface area contributed by atoms with Crippen LogP contribution in [0, 0.1) is 0 Å². The van der Waals surface area contributed by atoms with Crippen LogP contribution in [0.1, 0.15) is 23.0 Å². The summed E-state index contributed by atoms with van der Waals surface area (Å²) >= 11 is 0. The Labute approximate surface area is 253 Å². The fraction of sp³-hybridized carbons (Fsp3) is 0.222. The van der Waals surface area contributed by atoms with E-state index in [1.807, 2.05) is 62.3 Å². The lowest BCUT2D eigenvalue weighted by Gasteiger charge is -2.48. The van der Waals surface area contributed by atoms with Gasteiger partial charge in [-0.3, -0.25) is 0 Å². The molecule has 0 spiro atoms. The topological polar surface area (TPSA) is 128 Å². The molecule has 224 valence electrons. The van der Waals surface area contributed by atoms with Crippen LogP contribution in [0.25, 0.3) is 43.1 Å². The Kier molecular flexibility index (Phi) is 6.21. The molecule has 8 nitrogen and oxygen atoms in total. The van der Waals surface area contributed by atoms with Crippen LogP contribution in [0.3, 0.4) is 0 Å². The van der Waals surface area contributed by atoms with E-state index in [4.69, 9.17) is 0 Å². The number of aliphatic hydroxyl groups is 2. The van der Waals surface area contributed by atoms with Gasteiger partial charge in [-0.05, 0) is 35.4 Å². The van der Waals surface area contributed by atoms with Gasteiger partial charge in [-0.25, -0.2) is 0 Å². The minimum absolute atomic E-state index is 0.0323. The number of phenols is 4. The molecule has 1 aliphatic rings. The quantitative estimate of drug-likeness (QED) is 0.141. The lowest BCUT2D eigenvalue weighted by Crippen LogP contribution is -2.52. The third kappa shape index (κ3) is 3.64. The average molecular weight is 591 g/mol. The van der Waals surface area contributed by atoms with Crippen molar-refractivity contribution >= 4 is 54.5 Å². The van der Waals surface area contributed by atoms with Gasteiger partial charge >= 0.3 is 0 Å². The van der Waals surface area contributed by atoms with Gasteiger partial charge < -0.3 is 40.4 Å². The molecule has 0 atom stereocenters. The van der Waals surface area contributed by atoms with Crippen LogP contribution in [0.2, 0.25) is 0 Å². The van der Waals surface area contributed by atoms with Crippen LogP contribution >= 0.6 is 0 Å². The maximum atomic E-state index is 12.1. The Morgan fingerprint density at radius 1 is 0.432 bits per heavy atom. The van der Waals surface area contributed by atoms with Crippen molar-refractivity contribution in [2.45, 2.75) is 24.0 Å². The summed E-state index contributed by atoms with van der Waals surface area (Å²) in [5.74, 6) is -1.94. The molecule has 7 rings (SSSR count). The maximum Gasteiger partial charge on any atom is 0.123 e. The summed E-state index contributed by atoms with van der Waals surface area (Å²) in [5, 5.41) is 73.8. The first-order valence-corrected chi connectivity index (χ1v) is 14.5. The van der Waals surface area contributed by atoms with Gasteiger partial charge in [0.2, 0.25) is 0 Å². The Balaban J connectivity index is 1.54. The summed E-state index contributed by atoms with van der Waals surface area (Å²) in [6.07, 6.45) is -2.40. The van der Waals surface area contributed by atoms with Crippen molar-refractivity contribution in [3.05, 3.63) is 83.9 Å². The molecule has 0 unspecified atom stereocenters. The Bertz CT molecular complexity index is 1850. The summed E-state index contributed by atoms with van der Waals surface area (Å²) < 4.78 is 0. The monoisotopic (exact) mass is 590 g/mol. The van der Waals surface area contributed by atoms with Crippen LogP contribution in [0.4, 0.5) is 11.4 Å². The van der Waals surface area contributed by atoms with Crippen LogP contribution in [0.15, 0.2) is 72.8 Å². The third-order valence-corrected chi connectivity index (χ3v) is 9.30. The van der Waals surface area contributed by atoms with Gasteiger partial charge in [-0.15, -0.1) is 0 Å². The van der Waals surface area contributed by atoms with Crippen LogP contribution in [-0.4, -0.2) is 71.0 Å². The van der Waals surface area contributed by atoms with E-state index < -0.39 is 24.0 Å². The van der Waals surface area contributed by atoms with Gasteiger partial charge in [0.15, 0.2) is 0 Å². The Hall–Kier alpha value is -4.92. The zero-order valence-corrected chi connectivity index (χ0v) is 24.8. The fourth-order valence-electron chi connectivity index (χ4n) is 7.64. The molecular weight excluding hydrogens is 556 g/mol. The second-order valence-corrected chi connectivity index (χ2v) is 12.1. The number of aromatic hydroxyl groups is 4. The zero-order chi connectivity index (χ0) is 31.2. The molecule has 0 aliphatic heterocycles. The SMILES string of the molecule is CN(C)c1c2cccc(O)c2c(C2C(O)C(c3c4c(O)cccc4c(N(C)C)c4cccc(O)c34)C2O)c2c(O)cccc12. The van der Waals surface area contributed by atoms with Crippen molar-refractivity contribution in [1.29, 1.82) is 0 Å². The van der Waals surface area contributed by atoms with E-state index >= 15 is 0 Å². The molecule has 6 aromatic rings. The highest BCUT2D eigenvalue weighted by Crippen LogP contribution is 2.59. The predicted octanol–water partition coefficient (Wildman–Crippen LogP) is 5.86. The molecule has 0 radical (unpaired) electrons. The summed E-state index contributed by atoms with van der Waals surface area (Å²) in [7, 11) is 7.55. The third-order valence-electron chi connectivity index (χ3n) is 9.30. The Morgan fingerprint density at radius 2 is 0.682 bits per heavy atom. The van der Waals surface area contributed by atoms with Crippen molar-refractivity contribution in [3.8, 4) is 23.0 Å². The zero-order valence-electron chi connectivity index (χ0n) is 24.8. The smallest absolute Gasteiger partial charge is 0.123 e. The molecule has 0 saturated heterocycles. The molecule has 44 heavy (non-hydrogen) atoms. The number of aliphatic hydroxyl groups excluding tert-OH is 2. The second-order valence-electron chi connectivity index (χ2n) is 12.1. The van der Waals surface area contributed by atoms with Gasteiger partial charge in [0, 0.05) is 83.1 Å². The molecule has 1 fully saturated rings.